The Kier molecular flexibility index (Phi) is 5.65. The summed E-state index contributed by atoms with van der Waals surface area (Å²) in [6, 6.07) is 15.6. The molecule has 0 aromatic heterocycles. The number of amides is 2. The molecule has 1 saturated heterocycles. The molecule has 3 rings (SSSR count). The summed E-state index contributed by atoms with van der Waals surface area (Å²) >= 11 is 0. The molecule has 1 heterocycles. The van der Waals surface area contributed by atoms with Crippen molar-refractivity contribution in [2.45, 2.75) is 6.42 Å². The average Bonchev–Trinajstić information content (AvgIpc) is 3.08. The maximum absolute atomic E-state index is 12.3. The highest BCUT2D eigenvalue weighted by molar-refractivity contribution is 6.00. The number of carbonyl (C=O) groups is 2. The Morgan fingerprint density at radius 3 is 2.56 bits per heavy atom. The van der Waals surface area contributed by atoms with Crippen molar-refractivity contribution in [2.24, 2.45) is 5.92 Å². The van der Waals surface area contributed by atoms with Crippen LogP contribution in [0.25, 0.3) is 0 Å². The lowest BCUT2D eigenvalue weighted by molar-refractivity contribution is -0.384. The van der Waals surface area contributed by atoms with Gasteiger partial charge in [0, 0.05) is 37.8 Å². The molecule has 0 spiro atoms. The minimum absolute atomic E-state index is 0.0104. The van der Waals surface area contributed by atoms with E-state index in [1.54, 1.807) is 23.1 Å². The molecule has 1 unspecified atom stereocenters. The van der Waals surface area contributed by atoms with Gasteiger partial charge < -0.3 is 15.5 Å². The third-order valence-electron chi connectivity index (χ3n) is 4.40. The van der Waals surface area contributed by atoms with Crippen LogP contribution in [0.15, 0.2) is 54.6 Å². The van der Waals surface area contributed by atoms with Gasteiger partial charge in [-0.15, -0.1) is 0 Å². The molecule has 8 heteroatoms. The van der Waals surface area contributed by atoms with Gasteiger partial charge in [0.15, 0.2) is 0 Å². The van der Waals surface area contributed by atoms with Crippen molar-refractivity contribution in [3.63, 3.8) is 0 Å². The third kappa shape index (κ3) is 4.41. The number of para-hydroxylation sites is 3. The van der Waals surface area contributed by atoms with Crippen molar-refractivity contribution in [3.05, 3.63) is 64.7 Å². The van der Waals surface area contributed by atoms with Crippen molar-refractivity contribution in [3.8, 4) is 0 Å². The van der Waals surface area contributed by atoms with Crippen LogP contribution < -0.4 is 15.5 Å². The summed E-state index contributed by atoms with van der Waals surface area (Å²) in [6.45, 7) is 1.01. The first-order chi connectivity index (χ1) is 13.1. The van der Waals surface area contributed by atoms with E-state index in [1.165, 1.54) is 6.07 Å². The summed E-state index contributed by atoms with van der Waals surface area (Å²) < 4.78 is 0. The SMILES string of the molecule is O=C(NCCNc1ccccc1[N+](=O)[O-])C1CC(=O)N(c2ccccc2)C1. The van der Waals surface area contributed by atoms with Crippen LogP contribution in [0.1, 0.15) is 6.42 Å². The van der Waals surface area contributed by atoms with Gasteiger partial charge in [0.05, 0.1) is 10.8 Å². The van der Waals surface area contributed by atoms with Crippen LogP contribution >= 0.6 is 0 Å². The molecule has 0 saturated carbocycles. The summed E-state index contributed by atoms with van der Waals surface area (Å²) in [6.07, 6.45) is 0.179. The van der Waals surface area contributed by atoms with Gasteiger partial charge >= 0.3 is 0 Å². The van der Waals surface area contributed by atoms with Gasteiger partial charge in [-0.25, -0.2) is 0 Å². The van der Waals surface area contributed by atoms with E-state index in [2.05, 4.69) is 10.6 Å². The minimum Gasteiger partial charge on any atom is -0.378 e. The molecule has 1 atom stereocenters. The molecule has 2 aromatic rings. The smallest absolute Gasteiger partial charge is 0.292 e. The van der Waals surface area contributed by atoms with Crippen molar-refractivity contribution in [2.75, 3.05) is 29.9 Å². The van der Waals surface area contributed by atoms with Gasteiger partial charge in [-0.05, 0) is 18.2 Å². The fourth-order valence-corrected chi connectivity index (χ4v) is 3.05. The lowest BCUT2D eigenvalue weighted by Gasteiger charge is -2.16. The maximum atomic E-state index is 12.3. The molecule has 2 amide bonds. The predicted molar refractivity (Wildman–Crippen MR) is 101 cm³/mol. The molecular formula is C19H20N4O4. The van der Waals surface area contributed by atoms with Crippen LogP contribution in [0.2, 0.25) is 0 Å². The maximum Gasteiger partial charge on any atom is 0.292 e. The van der Waals surface area contributed by atoms with Crippen LogP contribution in [-0.2, 0) is 9.59 Å². The largest absolute Gasteiger partial charge is 0.378 e. The van der Waals surface area contributed by atoms with Crippen LogP contribution in [-0.4, -0.2) is 36.4 Å². The van der Waals surface area contributed by atoms with E-state index in [0.717, 1.165) is 5.69 Å². The molecule has 2 aromatic carbocycles. The van der Waals surface area contributed by atoms with Gasteiger partial charge in [0.1, 0.15) is 5.69 Å². The Bertz CT molecular complexity index is 841. The quantitative estimate of drug-likeness (QED) is 0.443. The van der Waals surface area contributed by atoms with E-state index in [1.807, 2.05) is 30.3 Å². The second-order valence-corrected chi connectivity index (χ2v) is 6.23. The van der Waals surface area contributed by atoms with Crippen molar-refractivity contribution < 1.29 is 14.5 Å². The zero-order chi connectivity index (χ0) is 19.2. The number of nitro groups is 1. The van der Waals surface area contributed by atoms with Gasteiger partial charge in [0.25, 0.3) is 5.69 Å². The summed E-state index contributed by atoms with van der Waals surface area (Å²) in [5.74, 6) is -0.658. The second-order valence-electron chi connectivity index (χ2n) is 6.23. The third-order valence-corrected chi connectivity index (χ3v) is 4.40. The highest BCUT2D eigenvalue weighted by Gasteiger charge is 2.34. The zero-order valence-corrected chi connectivity index (χ0v) is 14.6. The number of anilines is 2. The van der Waals surface area contributed by atoms with Crippen LogP contribution in [0.3, 0.4) is 0 Å². The number of rotatable bonds is 7. The molecule has 0 aliphatic carbocycles. The number of hydrogen-bond acceptors (Lipinski definition) is 5. The molecule has 1 aliphatic heterocycles. The number of benzene rings is 2. The highest BCUT2D eigenvalue weighted by Crippen LogP contribution is 2.25. The second kappa shape index (κ2) is 8.31. The van der Waals surface area contributed by atoms with Crippen LogP contribution in [0.4, 0.5) is 17.1 Å². The lowest BCUT2D eigenvalue weighted by Crippen LogP contribution is -2.35. The van der Waals surface area contributed by atoms with E-state index >= 15 is 0 Å². The van der Waals surface area contributed by atoms with Gasteiger partial charge in [0.2, 0.25) is 11.8 Å². The Morgan fingerprint density at radius 2 is 1.81 bits per heavy atom. The number of carbonyl (C=O) groups excluding carboxylic acids is 2. The summed E-state index contributed by atoms with van der Waals surface area (Å²) in [5, 5.41) is 16.7. The number of hydrogen-bond donors (Lipinski definition) is 2. The first-order valence-electron chi connectivity index (χ1n) is 8.66. The van der Waals surface area contributed by atoms with Gasteiger partial charge in [-0.2, -0.15) is 0 Å². The Labute approximate surface area is 156 Å². The molecule has 2 N–H and O–H groups in total. The fraction of sp³-hybridized carbons (Fsp3) is 0.263. The monoisotopic (exact) mass is 368 g/mol. The summed E-state index contributed by atoms with van der Waals surface area (Å²) in [4.78, 5) is 36.6. The molecule has 8 nitrogen and oxygen atoms in total. The van der Waals surface area contributed by atoms with Crippen molar-refractivity contribution in [1.29, 1.82) is 0 Å². The molecule has 0 bridgehead atoms. The van der Waals surface area contributed by atoms with Gasteiger partial charge in [-0.3, -0.25) is 19.7 Å². The Morgan fingerprint density at radius 1 is 1.11 bits per heavy atom. The standard InChI is InChI=1S/C19H20N4O4/c24-18-12-14(13-22(18)15-6-2-1-3-7-15)19(25)21-11-10-20-16-8-4-5-9-17(16)23(26)27/h1-9,14,20H,10-13H2,(H,21,25). The number of nitrogens with zero attached hydrogens (tertiary/aromatic N) is 2. The average molecular weight is 368 g/mol. The Balaban J connectivity index is 1.48. The summed E-state index contributed by atoms with van der Waals surface area (Å²) in [5.41, 5.74) is 1.18. The van der Waals surface area contributed by atoms with E-state index in [4.69, 9.17) is 0 Å². The molecule has 1 aliphatic rings. The predicted octanol–water partition coefficient (Wildman–Crippen LogP) is 2.18. The van der Waals surface area contributed by atoms with Crippen LogP contribution in [0, 0.1) is 16.0 Å². The zero-order valence-electron chi connectivity index (χ0n) is 14.6. The van der Waals surface area contributed by atoms with E-state index in [9.17, 15) is 19.7 Å². The van der Waals surface area contributed by atoms with E-state index in [0.29, 0.717) is 25.3 Å². The van der Waals surface area contributed by atoms with Gasteiger partial charge in [-0.1, -0.05) is 30.3 Å². The molecule has 140 valence electrons. The Hall–Kier alpha value is -3.42. The van der Waals surface area contributed by atoms with Crippen LogP contribution in [0.5, 0.6) is 0 Å². The number of nitro benzene ring substituents is 1. The first kappa shape index (κ1) is 18.4. The normalized spacial score (nSPS) is 16.2. The first-order valence-corrected chi connectivity index (χ1v) is 8.66. The lowest BCUT2D eigenvalue weighted by atomic mass is 10.1. The molecule has 0 radical (unpaired) electrons. The van der Waals surface area contributed by atoms with Crippen molar-refractivity contribution in [1.82, 2.24) is 5.32 Å². The molecule has 1 fully saturated rings. The summed E-state index contributed by atoms with van der Waals surface area (Å²) in [7, 11) is 0. The fourth-order valence-electron chi connectivity index (χ4n) is 3.05. The van der Waals surface area contributed by atoms with E-state index < -0.39 is 10.8 Å². The minimum atomic E-state index is -0.455. The van der Waals surface area contributed by atoms with Crippen molar-refractivity contribution >= 4 is 28.9 Å². The molecular weight excluding hydrogens is 348 g/mol. The highest BCUT2D eigenvalue weighted by atomic mass is 16.6. The number of nitrogens with one attached hydrogen (secondary N) is 2. The van der Waals surface area contributed by atoms with E-state index in [-0.39, 0.29) is 23.9 Å². The topological polar surface area (TPSA) is 105 Å². The molecule has 27 heavy (non-hydrogen) atoms.